The van der Waals surface area contributed by atoms with Crippen LogP contribution in [0.15, 0.2) is 36.4 Å². The lowest BCUT2D eigenvalue weighted by Gasteiger charge is -2.33. The molecular formula is C39H51F4N3O8. The molecule has 0 spiro atoms. The summed E-state index contributed by atoms with van der Waals surface area (Å²) >= 11 is 0. The van der Waals surface area contributed by atoms with Gasteiger partial charge in [0.1, 0.15) is 41.4 Å². The van der Waals surface area contributed by atoms with E-state index in [1.165, 1.54) is 25.7 Å². The van der Waals surface area contributed by atoms with Gasteiger partial charge in [-0.25, -0.2) is 14.0 Å². The van der Waals surface area contributed by atoms with Gasteiger partial charge in [-0.05, 0) is 80.2 Å². The number of nitrogens with zero attached hydrogens (tertiary/aromatic N) is 3. The Labute approximate surface area is 313 Å². The second kappa shape index (κ2) is 16.0. The zero-order chi connectivity index (χ0) is 40.4. The summed E-state index contributed by atoms with van der Waals surface area (Å²) in [5.74, 6) is -5.22. The summed E-state index contributed by atoms with van der Waals surface area (Å²) in [7, 11) is 0. The Morgan fingerprint density at radius 2 is 1.44 bits per heavy atom. The van der Waals surface area contributed by atoms with Gasteiger partial charge in [-0.15, -0.1) is 0 Å². The lowest BCUT2D eigenvalue weighted by molar-refractivity contribution is -0.171. The van der Waals surface area contributed by atoms with Crippen LogP contribution in [0, 0.1) is 11.7 Å². The lowest BCUT2D eigenvalue weighted by atomic mass is 10.1. The fraction of sp³-hybridized carbons (Fsp3) is 0.590. The molecule has 0 radical (unpaired) electrons. The largest absolute Gasteiger partial charge is 0.487 e. The van der Waals surface area contributed by atoms with Crippen molar-refractivity contribution in [2.45, 2.75) is 124 Å². The van der Waals surface area contributed by atoms with Crippen molar-refractivity contribution in [3.05, 3.63) is 53.3 Å². The molecule has 15 heteroatoms. The van der Waals surface area contributed by atoms with Crippen molar-refractivity contribution in [1.82, 2.24) is 4.90 Å². The molecule has 0 unspecified atom stereocenters. The molecule has 1 aliphatic carbocycles. The number of carbonyl (C=O) groups is 4. The van der Waals surface area contributed by atoms with Gasteiger partial charge in [-0.3, -0.25) is 19.4 Å². The Kier molecular flexibility index (Phi) is 12.5. The smallest absolute Gasteiger partial charge is 0.471 e. The molecule has 1 fully saturated rings. The normalized spacial score (nSPS) is 16.0. The Morgan fingerprint density at radius 1 is 0.852 bits per heavy atom. The Bertz CT molecular complexity index is 1690. The van der Waals surface area contributed by atoms with E-state index in [0.717, 1.165) is 23.8 Å². The molecule has 2 aromatic carbocycles. The fourth-order valence-corrected chi connectivity index (χ4v) is 5.87. The van der Waals surface area contributed by atoms with Crippen LogP contribution in [-0.2, 0) is 36.8 Å². The number of carbonyl (C=O) groups excluding carboxylic acids is 4. The van der Waals surface area contributed by atoms with E-state index in [4.69, 9.17) is 18.9 Å². The minimum Gasteiger partial charge on any atom is -0.487 e. The van der Waals surface area contributed by atoms with Gasteiger partial charge in [0, 0.05) is 31.1 Å². The third-order valence-corrected chi connectivity index (χ3v) is 8.23. The first kappa shape index (κ1) is 42.2. The first-order valence-corrected chi connectivity index (χ1v) is 18.0. The number of alkyl halides is 3. The van der Waals surface area contributed by atoms with Gasteiger partial charge in [-0.2, -0.15) is 13.2 Å². The number of hydrogen-bond donors (Lipinski definition) is 0. The predicted molar refractivity (Wildman–Crippen MR) is 193 cm³/mol. The molecule has 1 atom stereocenters. The van der Waals surface area contributed by atoms with E-state index in [1.807, 2.05) is 0 Å². The Balaban J connectivity index is 1.89. The van der Waals surface area contributed by atoms with E-state index < -0.39 is 76.9 Å². The van der Waals surface area contributed by atoms with Crippen LogP contribution in [-0.4, -0.2) is 77.6 Å². The molecule has 0 bridgehead atoms. The summed E-state index contributed by atoms with van der Waals surface area (Å²) in [6.45, 7) is 13.0. The SMILES string of the molecule is CC(C)(C)OC(=O)CN(C(=O)C(F)(F)F)c1c(OCc2ccccc2)cc2c(c1F)C[C@H](CN(CCC1CC1)C(=O)OC(C)(C)C)N2C(=O)OC(C)(C)C. The first-order chi connectivity index (χ1) is 24.8. The van der Waals surface area contributed by atoms with Gasteiger partial charge in [-0.1, -0.05) is 43.2 Å². The summed E-state index contributed by atoms with van der Waals surface area (Å²) in [4.78, 5) is 56.0. The standard InChI is InChI=1S/C39H51F4N3O8/c1-36(2,3)52-30(47)22-45(33(48)39(41,42)43)32-29(51-23-25-13-11-10-12-14-25)20-28-27(31(32)40)19-26(46(28)35(50)54-38(7,8)9)21-44(18-17-24-15-16-24)34(49)53-37(4,5)6/h10-14,20,24,26H,15-19,21-23H2,1-9H3/t26-/m1/s1. The second-order valence-electron chi connectivity index (χ2n) is 16.7. The molecule has 11 nitrogen and oxygen atoms in total. The predicted octanol–water partition coefficient (Wildman–Crippen LogP) is 8.35. The van der Waals surface area contributed by atoms with Crippen molar-refractivity contribution in [2.24, 2.45) is 5.92 Å². The van der Waals surface area contributed by atoms with Crippen molar-refractivity contribution in [3.63, 3.8) is 0 Å². The summed E-state index contributed by atoms with van der Waals surface area (Å²) in [5.41, 5.74) is -3.77. The van der Waals surface area contributed by atoms with Gasteiger partial charge >= 0.3 is 30.2 Å². The van der Waals surface area contributed by atoms with Gasteiger partial charge in [0.2, 0.25) is 0 Å². The molecule has 0 saturated heterocycles. The number of rotatable bonds is 11. The molecule has 2 aliphatic rings. The maximum atomic E-state index is 17.2. The van der Waals surface area contributed by atoms with Crippen LogP contribution in [0.5, 0.6) is 5.75 Å². The monoisotopic (exact) mass is 765 g/mol. The van der Waals surface area contributed by atoms with E-state index >= 15 is 4.39 Å². The Hall–Kier alpha value is -4.56. The number of esters is 1. The van der Waals surface area contributed by atoms with E-state index in [-0.39, 0.29) is 42.3 Å². The third-order valence-electron chi connectivity index (χ3n) is 8.23. The highest BCUT2D eigenvalue weighted by molar-refractivity contribution is 6.03. The molecule has 1 aliphatic heterocycles. The van der Waals surface area contributed by atoms with E-state index in [2.05, 4.69) is 0 Å². The summed E-state index contributed by atoms with van der Waals surface area (Å²) in [6.07, 6.45) is -4.71. The van der Waals surface area contributed by atoms with Gasteiger partial charge < -0.3 is 23.8 Å². The Morgan fingerprint density at radius 3 is 1.98 bits per heavy atom. The number of benzene rings is 2. The van der Waals surface area contributed by atoms with E-state index in [1.54, 1.807) is 71.9 Å². The molecule has 1 saturated carbocycles. The summed E-state index contributed by atoms with van der Waals surface area (Å²) in [6, 6.07) is 8.63. The van der Waals surface area contributed by atoms with Crippen molar-refractivity contribution < 1.29 is 55.7 Å². The van der Waals surface area contributed by atoms with Crippen LogP contribution in [0.3, 0.4) is 0 Å². The van der Waals surface area contributed by atoms with Crippen molar-refractivity contribution >= 4 is 35.4 Å². The van der Waals surface area contributed by atoms with Crippen LogP contribution in [0.4, 0.5) is 38.5 Å². The fourth-order valence-electron chi connectivity index (χ4n) is 5.87. The summed E-state index contributed by atoms with van der Waals surface area (Å²) in [5, 5.41) is 0. The van der Waals surface area contributed by atoms with Crippen LogP contribution in [0.2, 0.25) is 0 Å². The van der Waals surface area contributed by atoms with Crippen LogP contribution in [0.1, 0.15) is 92.7 Å². The minimum atomic E-state index is -5.54. The maximum Gasteiger partial charge on any atom is 0.471 e. The highest BCUT2D eigenvalue weighted by Gasteiger charge is 2.48. The van der Waals surface area contributed by atoms with Crippen molar-refractivity contribution in [1.29, 1.82) is 0 Å². The molecular weight excluding hydrogens is 714 g/mol. The number of hydrogen-bond acceptors (Lipinski definition) is 8. The topological polar surface area (TPSA) is 115 Å². The number of anilines is 2. The molecule has 1 heterocycles. The molecule has 4 rings (SSSR count). The van der Waals surface area contributed by atoms with Crippen molar-refractivity contribution in [2.75, 3.05) is 29.4 Å². The average molecular weight is 766 g/mol. The zero-order valence-corrected chi connectivity index (χ0v) is 32.4. The summed E-state index contributed by atoms with van der Waals surface area (Å²) < 4.78 is 82.4. The minimum absolute atomic E-state index is 0.0439. The highest BCUT2D eigenvalue weighted by atomic mass is 19.4. The van der Waals surface area contributed by atoms with Gasteiger partial charge in [0.15, 0.2) is 5.82 Å². The van der Waals surface area contributed by atoms with Crippen molar-refractivity contribution in [3.8, 4) is 5.75 Å². The molecule has 298 valence electrons. The second-order valence-corrected chi connectivity index (χ2v) is 16.7. The zero-order valence-electron chi connectivity index (χ0n) is 32.4. The van der Waals surface area contributed by atoms with Crippen LogP contribution < -0.4 is 14.5 Å². The number of halogens is 4. The molecule has 0 N–H and O–H groups in total. The van der Waals surface area contributed by atoms with E-state index in [0.29, 0.717) is 17.9 Å². The first-order valence-electron chi connectivity index (χ1n) is 18.0. The number of ether oxygens (including phenoxy) is 4. The molecule has 2 aromatic rings. The average Bonchev–Trinajstić information content (AvgIpc) is 3.77. The molecule has 3 amide bonds. The van der Waals surface area contributed by atoms with Gasteiger partial charge in [0.25, 0.3) is 0 Å². The number of amides is 3. The van der Waals surface area contributed by atoms with Crippen LogP contribution in [0.25, 0.3) is 0 Å². The molecule has 0 aromatic heterocycles. The molecule has 54 heavy (non-hydrogen) atoms. The highest BCUT2D eigenvalue weighted by Crippen LogP contribution is 2.46. The lowest BCUT2D eigenvalue weighted by Crippen LogP contribution is -2.49. The van der Waals surface area contributed by atoms with E-state index in [9.17, 15) is 32.3 Å². The third kappa shape index (κ3) is 11.7. The quantitative estimate of drug-likeness (QED) is 0.127. The van der Waals surface area contributed by atoms with Gasteiger partial charge in [0.05, 0.1) is 11.7 Å². The number of fused-ring (bicyclic) bond motifs is 1. The van der Waals surface area contributed by atoms with Crippen LogP contribution >= 0.6 is 0 Å². The maximum absolute atomic E-state index is 17.2.